The monoisotopic (exact) mass is 204 g/mol. The molecule has 1 aliphatic heterocycles. The predicted octanol–water partition coefficient (Wildman–Crippen LogP) is 4.00. The largest absolute Gasteiger partial charge is 0.368 e. The molecular weight excluding hydrogens is 184 g/mol. The third-order valence-electron chi connectivity index (χ3n) is 3.08. The smallest absolute Gasteiger partial charge is 0.106 e. The van der Waals surface area contributed by atoms with Gasteiger partial charge in [0.2, 0.25) is 0 Å². The lowest BCUT2D eigenvalue weighted by Crippen LogP contribution is -1.98. The first-order valence-electron chi connectivity index (χ1n) is 5.85. The molecule has 1 atom stereocenters. The van der Waals surface area contributed by atoms with Crippen LogP contribution in [-0.4, -0.2) is 6.61 Å². The van der Waals surface area contributed by atoms with Crippen molar-refractivity contribution in [3.05, 3.63) is 34.9 Å². The molecule has 2 rings (SSSR count). The van der Waals surface area contributed by atoms with E-state index in [4.69, 9.17) is 4.74 Å². The van der Waals surface area contributed by atoms with Crippen molar-refractivity contribution in [3.8, 4) is 0 Å². The number of rotatable bonds is 3. The molecule has 1 saturated heterocycles. The van der Waals surface area contributed by atoms with E-state index in [0.29, 0.717) is 17.9 Å². The third-order valence-corrected chi connectivity index (χ3v) is 3.08. The number of ether oxygens (including phenoxy) is 1. The highest BCUT2D eigenvalue weighted by Gasteiger charge is 2.28. The SMILES string of the molecule is CC(C)c1ccc(C2CO2)c(C(C)C)c1. The standard InChI is InChI=1S/C14H20O/c1-9(2)11-5-6-12(14-8-15-14)13(7-11)10(3)4/h5-7,9-10,14H,8H2,1-4H3. The van der Waals surface area contributed by atoms with Gasteiger partial charge in [0.1, 0.15) is 6.10 Å². The summed E-state index contributed by atoms with van der Waals surface area (Å²) in [5.74, 6) is 1.19. The zero-order chi connectivity index (χ0) is 11.0. The van der Waals surface area contributed by atoms with Crippen LogP contribution in [0.5, 0.6) is 0 Å². The number of hydrogen-bond acceptors (Lipinski definition) is 1. The van der Waals surface area contributed by atoms with Crippen LogP contribution in [0.25, 0.3) is 0 Å². The van der Waals surface area contributed by atoms with Crippen molar-refractivity contribution in [2.75, 3.05) is 6.61 Å². The van der Waals surface area contributed by atoms with Gasteiger partial charge in [-0.2, -0.15) is 0 Å². The maximum atomic E-state index is 5.39. The summed E-state index contributed by atoms with van der Waals surface area (Å²) >= 11 is 0. The van der Waals surface area contributed by atoms with E-state index >= 15 is 0 Å². The van der Waals surface area contributed by atoms with Crippen molar-refractivity contribution < 1.29 is 4.74 Å². The average molecular weight is 204 g/mol. The molecule has 1 nitrogen and oxygen atoms in total. The molecule has 0 N–H and O–H groups in total. The summed E-state index contributed by atoms with van der Waals surface area (Å²) in [6, 6.07) is 6.85. The summed E-state index contributed by atoms with van der Waals surface area (Å²) in [4.78, 5) is 0. The van der Waals surface area contributed by atoms with E-state index in [0.717, 1.165) is 6.61 Å². The Labute approximate surface area is 92.5 Å². The van der Waals surface area contributed by atoms with Crippen molar-refractivity contribution >= 4 is 0 Å². The molecule has 82 valence electrons. The van der Waals surface area contributed by atoms with E-state index in [1.54, 1.807) is 0 Å². The summed E-state index contributed by atoms with van der Waals surface area (Å²) in [5.41, 5.74) is 4.29. The Morgan fingerprint density at radius 1 is 1.13 bits per heavy atom. The van der Waals surface area contributed by atoms with Crippen molar-refractivity contribution in [2.45, 2.75) is 45.6 Å². The van der Waals surface area contributed by atoms with Gasteiger partial charge in [-0.1, -0.05) is 45.9 Å². The maximum absolute atomic E-state index is 5.39. The van der Waals surface area contributed by atoms with E-state index in [2.05, 4.69) is 45.9 Å². The van der Waals surface area contributed by atoms with Crippen LogP contribution in [0.15, 0.2) is 18.2 Å². The zero-order valence-electron chi connectivity index (χ0n) is 10.1. The zero-order valence-corrected chi connectivity index (χ0v) is 10.1. The third kappa shape index (κ3) is 2.23. The van der Waals surface area contributed by atoms with Gasteiger partial charge in [-0.05, 0) is 28.5 Å². The number of hydrogen-bond donors (Lipinski definition) is 0. The lowest BCUT2D eigenvalue weighted by Gasteiger charge is -2.15. The lowest BCUT2D eigenvalue weighted by atomic mass is 9.90. The normalized spacial score (nSPS) is 20.0. The summed E-state index contributed by atoms with van der Waals surface area (Å²) in [7, 11) is 0. The minimum absolute atomic E-state index is 0.378. The summed E-state index contributed by atoms with van der Waals surface area (Å²) in [6.07, 6.45) is 0.378. The first kappa shape index (κ1) is 10.7. The van der Waals surface area contributed by atoms with Gasteiger partial charge in [0, 0.05) is 0 Å². The molecule has 1 aromatic carbocycles. The van der Waals surface area contributed by atoms with Crippen LogP contribution in [0.4, 0.5) is 0 Å². The molecule has 0 amide bonds. The highest BCUT2D eigenvalue weighted by Crippen LogP contribution is 2.36. The van der Waals surface area contributed by atoms with Crippen LogP contribution < -0.4 is 0 Å². The highest BCUT2D eigenvalue weighted by atomic mass is 16.6. The molecule has 1 unspecified atom stereocenters. The second-order valence-corrected chi connectivity index (χ2v) is 5.02. The van der Waals surface area contributed by atoms with E-state index in [9.17, 15) is 0 Å². The molecule has 0 aromatic heterocycles. The van der Waals surface area contributed by atoms with Crippen LogP contribution >= 0.6 is 0 Å². The quantitative estimate of drug-likeness (QED) is 0.678. The fraction of sp³-hybridized carbons (Fsp3) is 0.571. The Bertz CT molecular complexity index is 348. The van der Waals surface area contributed by atoms with Crippen LogP contribution in [0.3, 0.4) is 0 Å². The topological polar surface area (TPSA) is 12.5 Å². The Balaban J connectivity index is 2.39. The maximum Gasteiger partial charge on any atom is 0.106 e. The van der Waals surface area contributed by atoms with Crippen molar-refractivity contribution in [3.63, 3.8) is 0 Å². The molecule has 15 heavy (non-hydrogen) atoms. The van der Waals surface area contributed by atoms with Gasteiger partial charge >= 0.3 is 0 Å². The van der Waals surface area contributed by atoms with Crippen LogP contribution in [0.1, 0.15) is 62.3 Å². The molecule has 1 heterocycles. The van der Waals surface area contributed by atoms with Crippen LogP contribution in [-0.2, 0) is 4.74 Å². The van der Waals surface area contributed by atoms with E-state index in [-0.39, 0.29) is 0 Å². The molecule has 0 aliphatic carbocycles. The summed E-state index contributed by atoms with van der Waals surface area (Å²) in [5, 5.41) is 0. The fourth-order valence-corrected chi connectivity index (χ4v) is 1.97. The Kier molecular flexibility index (Phi) is 2.83. The van der Waals surface area contributed by atoms with Gasteiger partial charge in [-0.3, -0.25) is 0 Å². The van der Waals surface area contributed by atoms with Crippen LogP contribution in [0, 0.1) is 0 Å². The minimum Gasteiger partial charge on any atom is -0.368 e. The first-order chi connectivity index (χ1) is 7.09. The average Bonchev–Trinajstić information content (AvgIpc) is 2.99. The van der Waals surface area contributed by atoms with Crippen molar-refractivity contribution in [1.29, 1.82) is 0 Å². The second kappa shape index (κ2) is 3.97. The van der Waals surface area contributed by atoms with E-state index in [1.807, 2.05) is 0 Å². The molecule has 0 saturated carbocycles. The Morgan fingerprint density at radius 3 is 2.27 bits per heavy atom. The Hall–Kier alpha value is -0.820. The minimum atomic E-state index is 0.378. The Morgan fingerprint density at radius 2 is 1.80 bits per heavy atom. The molecule has 1 aromatic rings. The van der Waals surface area contributed by atoms with Gasteiger partial charge in [-0.15, -0.1) is 0 Å². The first-order valence-corrected chi connectivity index (χ1v) is 5.85. The van der Waals surface area contributed by atoms with Crippen LogP contribution in [0.2, 0.25) is 0 Å². The predicted molar refractivity (Wildman–Crippen MR) is 63.3 cm³/mol. The van der Waals surface area contributed by atoms with E-state index < -0.39 is 0 Å². The lowest BCUT2D eigenvalue weighted by molar-refractivity contribution is 0.414. The molecule has 0 bridgehead atoms. The highest BCUT2D eigenvalue weighted by molar-refractivity contribution is 5.38. The van der Waals surface area contributed by atoms with E-state index in [1.165, 1.54) is 16.7 Å². The fourth-order valence-electron chi connectivity index (χ4n) is 1.97. The van der Waals surface area contributed by atoms with Gasteiger partial charge in [0.05, 0.1) is 6.61 Å². The second-order valence-electron chi connectivity index (χ2n) is 5.02. The van der Waals surface area contributed by atoms with Gasteiger partial charge in [-0.25, -0.2) is 0 Å². The van der Waals surface area contributed by atoms with Gasteiger partial charge in [0.25, 0.3) is 0 Å². The molecule has 1 aliphatic rings. The molecule has 0 spiro atoms. The van der Waals surface area contributed by atoms with Crippen molar-refractivity contribution in [1.82, 2.24) is 0 Å². The molecule has 0 radical (unpaired) electrons. The van der Waals surface area contributed by atoms with Gasteiger partial charge < -0.3 is 4.74 Å². The summed E-state index contributed by atoms with van der Waals surface area (Å²) in [6.45, 7) is 9.90. The number of epoxide rings is 1. The van der Waals surface area contributed by atoms with Crippen molar-refractivity contribution in [2.24, 2.45) is 0 Å². The molecule has 1 heteroatoms. The molecule has 1 fully saturated rings. The number of benzene rings is 1. The van der Waals surface area contributed by atoms with Gasteiger partial charge in [0.15, 0.2) is 0 Å². The molecular formula is C14H20O. The summed E-state index contributed by atoms with van der Waals surface area (Å²) < 4.78 is 5.39.